The van der Waals surface area contributed by atoms with Crippen molar-refractivity contribution in [3.05, 3.63) is 29.3 Å². The second-order valence-electron chi connectivity index (χ2n) is 13.6. The molecule has 0 spiro atoms. The minimum absolute atomic E-state index is 0.00383. The van der Waals surface area contributed by atoms with E-state index in [1.54, 1.807) is 32.6 Å². The highest BCUT2D eigenvalue weighted by atomic mass is 16.6. The van der Waals surface area contributed by atoms with E-state index in [1.165, 1.54) is 5.56 Å². The van der Waals surface area contributed by atoms with Gasteiger partial charge in [0.15, 0.2) is 0 Å². The number of rotatable bonds is 3. The van der Waals surface area contributed by atoms with Crippen LogP contribution >= 0.6 is 0 Å². The van der Waals surface area contributed by atoms with Gasteiger partial charge in [0.25, 0.3) is 0 Å². The fourth-order valence-corrected chi connectivity index (χ4v) is 6.90. The summed E-state index contributed by atoms with van der Waals surface area (Å²) >= 11 is 0. The average Bonchev–Trinajstić information content (AvgIpc) is 3.35. The Kier molecular flexibility index (Phi) is 7.57. The fraction of sp³-hybridized carbons (Fsp3) is 0.710. The molecule has 9 nitrogen and oxygen atoms in total. The van der Waals surface area contributed by atoms with E-state index in [0.29, 0.717) is 26.1 Å². The van der Waals surface area contributed by atoms with E-state index >= 15 is 0 Å². The zero-order chi connectivity index (χ0) is 29.0. The standard InChI is InChI=1S/C31H45N3O6/c1-18-10-11-21-25(15-18)39-31(6,7)22-16-20-17-33(14-12-24(20)38-26(21)22)28(36)23-9-8-13-34(23)27(35)19(2)32-29(37)40-30(3,4)5/h10-11,15,19-20,22-24,26H,8-9,12-14,16-17H2,1-7H3,(H,32,37)/t19?,20-,22+,23+,24+,26-/m1/s1. The zero-order valence-electron chi connectivity index (χ0n) is 25.0. The molecule has 1 aromatic rings. The molecule has 3 fully saturated rings. The number of amides is 3. The molecular weight excluding hydrogens is 510 g/mol. The largest absolute Gasteiger partial charge is 0.487 e. The highest BCUT2D eigenvalue weighted by molar-refractivity contribution is 5.91. The van der Waals surface area contributed by atoms with Crippen molar-refractivity contribution in [2.45, 2.75) is 110 Å². The molecular formula is C31H45N3O6. The van der Waals surface area contributed by atoms with Crippen LogP contribution in [0.2, 0.25) is 0 Å². The predicted octanol–water partition coefficient (Wildman–Crippen LogP) is 4.36. The molecule has 0 bridgehead atoms. The summed E-state index contributed by atoms with van der Waals surface area (Å²) in [6, 6.07) is 5.07. The van der Waals surface area contributed by atoms with Crippen LogP contribution in [0, 0.1) is 18.8 Å². The molecule has 4 aliphatic heterocycles. The lowest BCUT2D eigenvalue weighted by molar-refractivity contribution is -0.189. The lowest BCUT2D eigenvalue weighted by Gasteiger charge is -2.53. The molecule has 5 rings (SSSR count). The summed E-state index contributed by atoms with van der Waals surface area (Å²) in [5.41, 5.74) is 1.26. The first-order valence-corrected chi connectivity index (χ1v) is 14.8. The molecule has 1 unspecified atom stereocenters. The zero-order valence-corrected chi connectivity index (χ0v) is 25.0. The highest BCUT2D eigenvalue weighted by Crippen LogP contribution is 2.53. The van der Waals surface area contributed by atoms with E-state index in [0.717, 1.165) is 30.6 Å². The monoisotopic (exact) mass is 555 g/mol. The highest BCUT2D eigenvalue weighted by Gasteiger charge is 2.52. The summed E-state index contributed by atoms with van der Waals surface area (Å²) in [6.45, 7) is 15.1. The van der Waals surface area contributed by atoms with Crippen LogP contribution in [-0.2, 0) is 19.1 Å². The van der Waals surface area contributed by atoms with E-state index in [2.05, 4.69) is 44.3 Å². The third kappa shape index (κ3) is 5.67. The van der Waals surface area contributed by atoms with Crippen molar-refractivity contribution in [3.8, 4) is 5.75 Å². The van der Waals surface area contributed by atoms with Crippen LogP contribution in [0.4, 0.5) is 4.79 Å². The summed E-state index contributed by atoms with van der Waals surface area (Å²) in [7, 11) is 0. The number of nitrogens with zero attached hydrogens (tertiary/aromatic N) is 2. The number of hydrogen-bond acceptors (Lipinski definition) is 6. The van der Waals surface area contributed by atoms with Gasteiger partial charge in [0.2, 0.25) is 11.8 Å². The summed E-state index contributed by atoms with van der Waals surface area (Å²) in [4.78, 5) is 42.8. The number of benzene rings is 1. The maximum atomic E-state index is 13.8. The van der Waals surface area contributed by atoms with Gasteiger partial charge in [0.05, 0.1) is 12.2 Å². The number of carbonyl (C=O) groups is 3. The Morgan fingerprint density at radius 2 is 1.90 bits per heavy atom. The molecule has 6 atom stereocenters. The first kappa shape index (κ1) is 28.7. The average molecular weight is 556 g/mol. The first-order chi connectivity index (χ1) is 18.7. The molecule has 0 aromatic heterocycles. The number of alkyl carbamates (subject to hydrolysis) is 1. The van der Waals surface area contributed by atoms with Gasteiger partial charge >= 0.3 is 6.09 Å². The normalized spacial score (nSPS) is 29.8. The molecule has 4 heterocycles. The van der Waals surface area contributed by atoms with E-state index in [4.69, 9.17) is 14.2 Å². The molecule has 220 valence electrons. The Balaban J connectivity index is 1.24. The number of aryl methyl sites for hydroxylation is 1. The second kappa shape index (κ2) is 10.5. The van der Waals surface area contributed by atoms with Crippen molar-refractivity contribution in [2.75, 3.05) is 19.6 Å². The Morgan fingerprint density at radius 3 is 2.62 bits per heavy atom. The van der Waals surface area contributed by atoms with E-state index in [9.17, 15) is 14.4 Å². The lowest BCUT2D eigenvalue weighted by atomic mass is 9.70. The molecule has 3 saturated heterocycles. The summed E-state index contributed by atoms with van der Waals surface area (Å²) in [5, 5.41) is 2.63. The molecule has 1 aromatic carbocycles. The van der Waals surface area contributed by atoms with Gasteiger partial charge in [0, 0.05) is 37.0 Å². The van der Waals surface area contributed by atoms with Crippen LogP contribution < -0.4 is 10.1 Å². The number of piperidine rings is 1. The Hall–Kier alpha value is -2.81. The Bertz CT molecular complexity index is 1160. The number of hydrogen-bond donors (Lipinski definition) is 1. The Labute approximate surface area is 237 Å². The summed E-state index contributed by atoms with van der Waals surface area (Å²) in [6.07, 6.45) is 2.53. The molecule has 0 saturated carbocycles. The van der Waals surface area contributed by atoms with Gasteiger partial charge in [0.1, 0.15) is 29.0 Å². The fourth-order valence-electron chi connectivity index (χ4n) is 6.90. The van der Waals surface area contributed by atoms with Gasteiger partial charge < -0.3 is 29.3 Å². The lowest BCUT2D eigenvalue weighted by Crippen LogP contribution is -2.58. The van der Waals surface area contributed by atoms with Crippen molar-refractivity contribution in [1.82, 2.24) is 15.1 Å². The van der Waals surface area contributed by atoms with Crippen molar-refractivity contribution in [2.24, 2.45) is 11.8 Å². The third-order valence-corrected chi connectivity index (χ3v) is 8.89. The van der Waals surface area contributed by atoms with E-state index in [1.807, 2.05) is 4.90 Å². The molecule has 40 heavy (non-hydrogen) atoms. The van der Waals surface area contributed by atoms with Gasteiger partial charge in [-0.1, -0.05) is 12.1 Å². The predicted molar refractivity (Wildman–Crippen MR) is 150 cm³/mol. The summed E-state index contributed by atoms with van der Waals surface area (Å²) < 4.78 is 18.6. The number of fused-ring (bicyclic) bond motifs is 4. The second-order valence-corrected chi connectivity index (χ2v) is 13.6. The smallest absolute Gasteiger partial charge is 0.408 e. The van der Waals surface area contributed by atoms with Crippen molar-refractivity contribution in [3.63, 3.8) is 0 Å². The van der Waals surface area contributed by atoms with Gasteiger partial charge in [-0.15, -0.1) is 0 Å². The van der Waals surface area contributed by atoms with Gasteiger partial charge in [-0.2, -0.15) is 0 Å². The van der Waals surface area contributed by atoms with Gasteiger partial charge in [-0.3, -0.25) is 9.59 Å². The first-order valence-electron chi connectivity index (χ1n) is 14.8. The molecule has 1 N–H and O–H groups in total. The number of carbonyl (C=O) groups excluding carboxylic acids is 3. The van der Waals surface area contributed by atoms with Crippen LogP contribution in [-0.4, -0.2) is 76.7 Å². The minimum atomic E-state index is -0.780. The number of nitrogens with one attached hydrogen (secondary N) is 1. The molecule has 3 amide bonds. The van der Waals surface area contributed by atoms with Crippen molar-refractivity contribution >= 4 is 17.9 Å². The van der Waals surface area contributed by atoms with Crippen LogP contribution in [0.1, 0.15) is 84.5 Å². The molecule has 0 radical (unpaired) electrons. The SMILES string of the molecule is Cc1ccc2c(c1)OC(C)(C)[C@H]1C[C@@H]3CN(C(=O)[C@@H]4CCCN4C(=O)C(C)NC(=O)OC(C)(C)C)CC[C@@H]3O[C@H]21. The summed E-state index contributed by atoms with van der Waals surface area (Å²) in [5.74, 6) is 1.06. The minimum Gasteiger partial charge on any atom is -0.487 e. The van der Waals surface area contributed by atoms with E-state index in [-0.39, 0.29) is 41.5 Å². The topological polar surface area (TPSA) is 97.4 Å². The maximum absolute atomic E-state index is 13.8. The van der Waals surface area contributed by atoms with E-state index < -0.39 is 23.8 Å². The van der Waals surface area contributed by atoms with Crippen LogP contribution in [0.5, 0.6) is 5.75 Å². The van der Waals surface area contributed by atoms with Crippen molar-refractivity contribution < 1.29 is 28.6 Å². The third-order valence-electron chi connectivity index (χ3n) is 8.89. The van der Waals surface area contributed by atoms with Crippen molar-refractivity contribution in [1.29, 1.82) is 0 Å². The van der Waals surface area contributed by atoms with Crippen LogP contribution in [0.15, 0.2) is 18.2 Å². The number of likely N-dealkylation sites (tertiary alicyclic amines) is 2. The Morgan fingerprint density at radius 1 is 1.15 bits per heavy atom. The quantitative estimate of drug-likeness (QED) is 0.595. The molecule has 9 heteroatoms. The van der Waals surface area contributed by atoms with Crippen LogP contribution in [0.3, 0.4) is 0 Å². The van der Waals surface area contributed by atoms with Gasteiger partial charge in [-0.05, 0) is 85.8 Å². The molecule has 0 aliphatic carbocycles. The van der Waals surface area contributed by atoms with Gasteiger partial charge in [-0.25, -0.2) is 4.79 Å². The number of ether oxygens (including phenoxy) is 3. The maximum Gasteiger partial charge on any atom is 0.408 e. The van der Waals surface area contributed by atoms with Crippen LogP contribution in [0.25, 0.3) is 0 Å². The molecule has 4 aliphatic rings.